The van der Waals surface area contributed by atoms with E-state index in [9.17, 15) is 0 Å². The summed E-state index contributed by atoms with van der Waals surface area (Å²) in [5.74, 6) is 0.887. The lowest BCUT2D eigenvalue weighted by Crippen LogP contribution is -2.09. The molecule has 0 N–H and O–H groups in total. The van der Waals surface area contributed by atoms with E-state index < -0.39 is 0 Å². The Morgan fingerprint density at radius 2 is 2.43 bits per heavy atom. The summed E-state index contributed by atoms with van der Waals surface area (Å²) in [6.07, 6.45) is 1.34. The quantitative estimate of drug-likeness (QED) is 0.439. The molecule has 0 saturated carbocycles. The van der Waals surface area contributed by atoms with Crippen molar-refractivity contribution in [1.29, 1.82) is 0 Å². The minimum absolute atomic E-state index is 0.887. The average molecular weight is 98.2 g/mol. The zero-order valence-corrected chi connectivity index (χ0v) is 4.85. The van der Waals surface area contributed by atoms with Gasteiger partial charge in [0.25, 0.3) is 0 Å². The Labute approximate surface area is 45.3 Å². The number of hydrogen-bond donors (Lipinski definition) is 0. The minimum Gasteiger partial charge on any atom is -0.302 e. The third-order valence-corrected chi connectivity index (χ3v) is 1.51. The lowest BCUT2D eigenvalue weighted by Gasteiger charge is -2.02. The van der Waals surface area contributed by atoms with E-state index in [1.165, 1.54) is 19.5 Å². The maximum atomic E-state index is 3.82. The van der Waals surface area contributed by atoms with Crippen LogP contribution in [0.5, 0.6) is 0 Å². The molecular formula is C6H12N. The van der Waals surface area contributed by atoms with Crippen molar-refractivity contribution < 1.29 is 0 Å². The molecule has 0 spiro atoms. The molecule has 1 saturated heterocycles. The van der Waals surface area contributed by atoms with Crippen molar-refractivity contribution in [2.45, 2.75) is 13.3 Å². The Balaban J connectivity index is 2.26. The van der Waals surface area contributed by atoms with Gasteiger partial charge < -0.3 is 4.90 Å². The molecule has 41 valence electrons. The van der Waals surface area contributed by atoms with E-state index in [1.54, 1.807) is 0 Å². The van der Waals surface area contributed by atoms with E-state index in [4.69, 9.17) is 0 Å². The maximum absolute atomic E-state index is 3.82. The zero-order chi connectivity index (χ0) is 5.28. The topological polar surface area (TPSA) is 3.24 Å². The molecule has 0 bridgehead atoms. The molecule has 1 atom stereocenters. The van der Waals surface area contributed by atoms with Crippen molar-refractivity contribution in [2.75, 3.05) is 13.1 Å². The van der Waals surface area contributed by atoms with Gasteiger partial charge in [0.1, 0.15) is 0 Å². The monoisotopic (exact) mass is 98.1 g/mol. The van der Waals surface area contributed by atoms with Crippen molar-refractivity contribution in [3.05, 3.63) is 7.05 Å². The number of nitrogens with zero attached hydrogens (tertiary/aromatic N) is 1. The summed E-state index contributed by atoms with van der Waals surface area (Å²) in [5, 5.41) is 0. The molecule has 1 aliphatic heterocycles. The molecule has 1 fully saturated rings. The Morgan fingerprint density at radius 1 is 1.71 bits per heavy atom. The van der Waals surface area contributed by atoms with E-state index in [2.05, 4.69) is 18.9 Å². The maximum Gasteiger partial charge on any atom is 0.0109 e. The fraction of sp³-hybridized carbons (Fsp3) is 0.833. The predicted molar refractivity (Wildman–Crippen MR) is 30.7 cm³/mol. The Bertz CT molecular complexity index is 53.2. The zero-order valence-electron chi connectivity index (χ0n) is 4.85. The van der Waals surface area contributed by atoms with Crippen molar-refractivity contribution in [3.63, 3.8) is 0 Å². The summed E-state index contributed by atoms with van der Waals surface area (Å²) in [6.45, 7) is 4.66. The minimum atomic E-state index is 0.887. The van der Waals surface area contributed by atoms with Gasteiger partial charge in [-0.1, -0.05) is 6.92 Å². The van der Waals surface area contributed by atoms with Gasteiger partial charge in [-0.05, 0) is 18.9 Å². The second kappa shape index (κ2) is 1.83. The van der Waals surface area contributed by atoms with Crippen molar-refractivity contribution in [2.24, 2.45) is 5.92 Å². The van der Waals surface area contributed by atoms with Crippen molar-refractivity contribution in [3.8, 4) is 0 Å². The van der Waals surface area contributed by atoms with Crippen LogP contribution in [0.1, 0.15) is 13.3 Å². The van der Waals surface area contributed by atoms with E-state index in [0.29, 0.717) is 0 Å². The Morgan fingerprint density at radius 3 is 2.57 bits per heavy atom. The van der Waals surface area contributed by atoms with Gasteiger partial charge in [0.05, 0.1) is 0 Å². The summed E-state index contributed by atoms with van der Waals surface area (Å²) < 4.78 is 0. The lowest BCUT2D eigenvalue weighted by atomic mass is 10.2. The first kappa shape index (κ1) is 5.10. The van der Waals surface area contributed by atoms with Gasteiger partial charge >= 0.3 is 0 Å². The number of hydrogen-bond acceptors (Lipinski definition) is 1. The van der Waals surface area contributed by atoms with Gasteiger partial charge in [0.15, 0.2) is 0 Å². The Kier molecular flexibility index (Phi) is 1.33. The molecular weight excluding hydrogens is 86.1 g/mol. The predicted octanol–water partition coefficient (Wildman–Crippen LogP) is 1.12. The summed E-state index contributed by atoms with van der Waals surface area (Å²) in [7, 11) is 3.82. The van der Waals surface area contributed by atoms with E-state index in [1.807, 2.05) is 0 Å². The van der Waals surface area contributed by atoms with Gasteiger partial charge in [-0.2, -0.15) is 0 Å². The van der Waals surface area contributed by atoms with Gasteiger partial charge in [-0.25, -0.2) is 0 Å². The first-order valence-electron chi connectivity index (χ1n) is 2.84. The summed E-state index contributed by atoms with van der Waals surface area (Å²) in [4.78, 5) is 2.13. The molecule has 0 aromatic carbocycles. The van der Waals surface area contributed by atoms with Crippen molar-refractivity contribution in [1.82, 2.24) is 4.90 Å². The molecule has 1 rings (SSSR count). The highest BCUT2D eigenvalue weighted by atomic mass is 15.1. The van der Waals surface area contributed by atoms with Crippen LogP contribution in [0.25, 0.3) is 0 Å². The molecule has 0 unspecified atom stereocenters. The fourth-order valence-electron chi connectivity index (χ4n) is 1.03. The smallest absolute Gasteiger partial charge is 0.0109 e. The lowest BCUT2D eigenvalue weighted by molar-refractivity contribution is 0.442. The first-order valence-corrected chi connectivity index (χ1v) is 2.84. The van der Waals surface area contributed by atoms with Gasteiger partial charge in [0.2, 0.25) is 0 Å². The molecule has 1 heterocycles. The SMILES string of the molecule is [CH2]N1CC[C@H](C)C1. The van der Waals surface area contributed by atoms with Crippen LogP contribution in [0.3, 0.4) is 0 Å². The summed E-state index contributed by atoms with van der Waals surface area (Å²) >= 11 is 0. The molecule has 7 heavy (non-hydrogen) atoms. The number of rotatable bonds is 0. The van der Waals surface area contributed by atoms with Crippen LogP contribution in [-0.4, -0.2) is 18.0 Å². The fourth-order valence-corrected chi connectivity index (χ4v) is 1.03. The largest absolute Gasteiger partial charge is 0.302 e. The standard InChI is InChI=1S/C6H12N/c1-6-3-4-7(2)5-6/h6H,2-5H2,1H3/t6-/m0/s1. The third-order valence-electron chi connectivity index (χ3n) is 1.51. The van der Waals surface area contributed by atoms with E-state index in [0.717, 1.165) is 5.92 Å². The van der Waals surface area contributed by atoms with Gasteiger partial charge in [-0.15, -0.1) is 0 Å². The van der Waals surface area contributed by atoms with Crippen LogP contribution < -0.4 is 0 Å². The summed E-state index contributed by atoms with van der Waals surface area (Å²) in [6, 6.07) is 0. The van der Waals surface area contributed by atoms with Crippen LogP contribution in [0, 0.1) is 13.0 Å². The summed E-state index contributed by atoms with van der Waals surface area (Å²) in [5.41, 5.74) is 0. The third kappa shape index (κ3) is 1.16. The van der Waals surface area contributed by atoms with Crippen LogP contribution in [0.2, 0.25) is 0 Å². The second-order valence-electron chi connectivity index (χ2n) is 2.47. The van der Waals surface area contributed by atoms with E-state index >= 15 is 0 Å². The van der Waals surface area contributed by atoms with Gasteiger partial charge in [0, 0.05) is 13.6 Å². The average Bonchev–Trinajstić information content (AvgIpc) is 1.87. The molecule has 0 amide bonds. The first-order chi connectivity index (χ1) is 3.29. The number of likely N-dealkylation sites (tertiary alicyclic amines) is 1. The van der Waals surface area contributed by atoms with Crippen LogP contribution in [-0.2, 0) is 0 Å². The molecule has 1 radical (unpaired) electrons. The van der Waals surface area contributed by atoms with E-state index in [-0.39, 0.29) is 0 Å². The van der Waals surface area contributed by atoms with Crippen molar-refractivity contribution >= 4 is 0 Å². The van der Waals surface area contributed by atoms with Crippen LogP contribution in [0.4, 0.5) is 0 Å². The molecule has 0 aromatic heterocycles. The Hall–Kier alpha value is -0.0400. The molecule has 0 aromatic rings. The molecule has 1 heteroatoms. The molecule has 1 aliphatic rings. The van der Waals surface area contributed by atoms with Gasteiger partial charge in [-0.3, -0.25) is 0 Å². The highest BCUT2D eigenvalue weighted by Crippen LogP contribution is 2.12. The normalized spacial score (nSPS) is 34.3. The molecule has 1 nitrogen and oxygen atoms in total. The second-order valence-corrected chi connectivity index (χ2v) is 2.47. The molecule has 0 aliphatic carbocycles. The van der Waals surface area contributed by atoms with Crippen LogP contribution in [0.15, 0.2) is 0 Å². The highest BCUT2D eigenvalue weighted by Gasteiger charge is 2.13. The van der Waals surface area contributed by atoms with Crippen LogP contribution >= 0.6 is 0 Å². The highest BCUT2D eigenvalue weighted by molar-refractivity contribution is 4.70.